The summed E-state index contributed by atoms with van der Waals surface area (Å²) in [4.78, 5) is 28.9. The summed E-state index contributed by atoms with van der Waals surface area (Å²) in [5, 5.41) is 4.75. The molecule has 3 aromatic carbocycles. The van der Waals surface area contributed by atoms with Gasteiger partial charge in [0.2, 0.25) is 15.9 Å². The van der Waals surface area contributed by atoms with Crippen LogP contribution in [0.25, 0.3) is 10.8 Å². The first-order chi connectivity index (χ1) is 16.8. The fourth-order valence-corrected chi connectivity index (χ4v) is 6.84. The molecule has 2 amide bonds. The van der Waals surface area contributed by atoms with Gasteiger partial charge >= 0.3 is 0 Å². The van der Waals surface area contributed by atoms with Crippen molar-refractivity contribution in [2.24, 2.45) is 5.92 Å². The monoisotopic (exact) mass is 509 g/mol. The minimum absolute atomic E-state index is 0.0201. The molecule has 0 unspecified atom stereocenters. The van der Waals surface area contributed by atoms with Crippen molar-refractivity contribution in [1.29, 1.82) is 0 Å². The quantitative estimate of drug-likeness (QED) is 0.492. The molecule has 0 radical (unpaired) electrons. The molecule has 2 aliphatic heterocycles. The number of hydrogen-bond donors (Lipinski definition) is 1. The summed E-state index contributed by atoms with van der Waals surface area (Å²) in [6, 6.07) is 16.2. The second kappa shape index (κ2) is 9.29. The summed E-state index contributed by atoms with van der Waals surface area (Å²) in [5.41, 5.74) is 2.19. The number of anilines is 2. The Hall–Kier alpha value is -2.88. The lowest BCUT2D eigenvalue weighted by molar-refractivity contribution is -0.120. The normalized spacial score (nSPS) is 16.7. The fourth-order valence-electron chi connectivity index (χ4n) is 4.96. The van der Waals surface area contributed by atoms with Crippen LogP contribution in [0.4, 0.5) is 11.4 Å². The number of piperidine rings is 1. The van der Waals surface area contributed by atoms with Crippen molar-refractivity contribution in [1.82, 2.24) is 4.31 Å². The number of nitrogens with one attached hydrogen (secondary N) is 1. The standard InChI is InChI=1S/C26H27N3O4S2/c1-3-29-23-12-11-22(20-5-4-6-21(24(20)23)26(29)31)27-25(30)17-13-15-28(16-14-17)35(32,33)19-9-7-18(34-2)8-10-19/h4-12,17H,3,13-16H2,1-2H3,(H,27,30). The molecular weight excluding hydrogens is 482 g/mol. The Morgan fingerprint density at radius 3 is 2.43 bits per heavy atom. The number of sulfonamides is 1. The lowest BCUT2D eigenvalue weighted by Crippen LogP contribution is -2.41. The van der Waals surface area contributed by atoms with Crippen molar-refractivity contribution in [3.8, 4) is 0 Å². The highest BCUT2D eigenvalue weighted by molar-refractivity contribution is 7.98. The van der Waals surface area contributed by atoms with Gasteiger partial charge in [0.1, 0.15) is 0 Å². The van der Waals surface area contributed by atoms with Gasteiger partial charge in [-0.1, -0.05) is 12.1 Å². The summed E-state index contributed by atoms with van der Waals surface area (Å²) >= 11 is 1.56. The van der Waals surface area contributed by atoms with Gasteiger partial charge in [0.25, 0.3) is 5.91 Å². The molecule has 1 fully saturated rings. The molecular formula is C26H27N3O4S2. The maximum atomic E-state index is 13.1. The van der Waals surface area contributed by atoms with Crippen molar-refractivity contribution in [3.05, 3.63) is 60.2 Å². The summed E-state index contributed by atoms with van der Waals surface area (Å²) in [6.45, 7) is 3.12. The molecule has 1 N–H and O–H groups in total. The first kappa shape index (κ1) is 23.8. The van der Waals surface area contributed by atoms with Crippen LogP contribution in [0.1, 0.15) is 30.1 Å². The van der Waals surface area contributed by atoms with Crippen LogP contribution in [-0.4, -0.2) is 50.4 Å². The van der Waals surface area contributed by atoms with E-state index >= 15 is 0 Å². The number of thioether (sulfide) groups is 1. The second-order valence-corrected chi connectivity index (χ2v) is 11.6. The second-order valence-electron chi connectivity index (χ2n) is 8.75. The van der Waals surface area contributed by atoms with Crippen LogP contribution in [0.15, 0.2) is 64.4 Å². The number of amides is 2. The lowest BCUT2D eigenvalue weighted by Gasteiger charge is -2.30. The van der Waals surface area contributed by atoms with Crippen LogP contribution >= 0.6 is 11.8 Å². The molecule has 1 saturated heterocycles. The Kier molecular flexibility index (Phi) is 6.33. The molecule has 35 heavy (non-hydrogen) atoms. The van der Waals surface area contributed by atoms with E-state index in [9.17, 15) is 18.0 Å². The molecule has 0 aromatic heterocycles. The third-order valence-electron chi connectivity index (χ3n) is 6.88. The van der Waals surface area contributed by atoms with Gasteiger partial charge in [0, 0.05) is 52.5 Å². The number of carbonyl (C=O) groups excluding carboxylic acids is 2. The molecule has 3 aromatic rings. The Morgan fingerprint density at radius 2 is 1.77 bits per heavy atom. The molecule has 9 heteroatoms. The summed E-state index contributed by atoms with van der Waals surface area (Å²) in [6.07, 6.45) is 2.86. The smallest absolute Gasteiger partial charge is 0.258 e. The molecule has 182 valence electrons. The van der Waals surface area contributed by atoms with Gasteiger partial charge < -0.3 is 10.2 Å². The van der Waals surface area contributed by atoms with E-state index in [0.29, 0.717) is 43.7 Å². The van der Waals surface area contributed by atoms with Gasteiger partial charge in [-0.25, -0.2) is 8.42 Å². The number of carbonyl (C=O) groups is 2. The van der Waals surface area contributed by atoms with E-state index < -0.39 is 10.0 Å². The highest BCUT2D eigenvalue weighted by Crippen LogP contribution is 2.40. The van der Waals surface area contributed by atoms with Crippen molar-refractivity contribution in [3.63, 3.8) is 0 Å². The topological polar surface area (TPSA) is 86.8 Å². The zero-order valence-electron chi connectivity index (χ0n) is 19.7. The highest BCUT2D eigenvalue weighted by atomic mass is 32.2. The number of hydrogen-bond acceptors (Lipinski definition) is 5. The molecule has 0 spiro atoms. The third kappa shape index (κ3) is 4.11. The van der Waals surface area contributed by atoms with Gasteiger partial charge in [0.15, 0.2) is 0 Å². The lowest BCUT2D eigenvalue weighted by atomic mass is 9.96. The van der Waals surface area contributed by atoms with Gasteiger partial charge in [-0.15, -0.1) is 11.8 Å². The predicted molar refractivity (Wildman–Crippen MR) is 140 cm³/mol. The Bertz CT molecular complexity index is 1410. The minimum atomic E-state index is -3.58. The minimum Gasteiger partial charge on any atom is -0.325 e. The predicted octanol–water partition coefficient (Wildman–Crippen LogP) is 4.58. The van der Waals surface area contributed by atoms with Gasteiger partial charge in [-0.2, -0.15) is 4.31 Å². The van der Waals surface area contributed by atoms with E-state index in [4.69, 9.17) is 0 Å². The zero-order chi connectivity index (χ0) is 24.7. The molecule has 0 bridgehead atoms. The van der Waals surface area contributed by atoms with E-state index in [1.807, 2.05) is 55.6 Å². The van der Waals surface area contributed by atoms with Crippen molar-refractivity contribution >= 4 is 55.7 Å². The average Bonchev–Trinajstić information content (AvgIpc) is 3.17. The van der Waals surface area contributed by atoms with Crippen LogP contribution < -0.4 is 10.2 Å². The van der Waals surface area contributed by atoms with E-state index in [0.717, 1.165) is 21.4 Å². The van der Waals surface area contributed by atoms with E-state index in [-0.39, 0.29) is 22.6 Å². The van der Waals surface area contributed by atoms with Crippen LogP contribution in [0.5, 0.6) is 0 Å². The molecule has 0 atom stereocenters. The zero-order valence-corrected chi connectivity index (χ0v) is 21.3. The van der Waals surface area contributed by atoms with Gasteiger partial charge in [0.05, 0.1) is 10.6 Å². The van der Waals surface area contributed by atoms with Crippen molar-refractivity contribution < 1.29 is 18.0 Å². The van der Waals surface area contributed by atoms with Crippen LogP contribution in [0.2, 0.25) is 0 Å². The summed E-state index contributed by atoms with van der Waals surface area (Å²) in [5.74, 6) is -0.422. The van der Waals surface area contributed by atoms with Crippen LogP contribution in [-0.2, 0) is 14.8 Å². The van der Waals surface area contributed by atoms with Gasteiger partial charge in [-0.3, -0.25) is 9.59 Å². The van der Waals surface area contributed by atoms with E-state index in [2.05, 4.69) is 5.32 Å². The third-order valence-corrected chi connectivity index (χ3v) is 9.54. The van der Waals surface area contributed by atoms with E-state index in [1.165, 1.54) is 4.31 Å². The first-order valence-corrected chi connectivity index (χ1v) is 14.3. The van der Waals surface area contributed by atoms with Crippen LogP contribution in [0, 0.1) is 5.92 Å². The highest BCUT2D eigenvalue weighted by Gasteiger charge is 2.33. The molecule has 2 aliphatic rings. The maximum absolute atomic E-state index is 13.1. The Morgan fingerprint density at radius 1 is 1.06 bits per heavy atom. The fraction of sp³-hybridized carbons (Fsp3) is 0.308. The van der Waals surface area contributed by atoms with E-state index in [1.54, 1.807) is 28.8 Å². The molecule has 0 saturated carbocycles. The largest absolute Gasteiger partial charge is 0.325 e. The number of nitrogens with zero attached hydrogens (tertiary/aromatic N) is 2. The summed E-state index contributed by atoms with van der Waals surface area (Å²) < 4.78 is 27.5. The van der Waals surface area contributed by atoms with Crippen molar-refractivity contribution in [2.45, 2.75) is 29.6 Å². The Labute approximate surface area is 209 Å². The number of rotatable bonds is 6. The molecule has 2 heterocycles. The van der Waals surface area contributed by atoms with Crippen molar-refractivity contribution in [2.75, 3.05) is 36.1 Å². The first-order valence-electron chi connectivity index (χ1n) is 11.7. The SMILES string of the molecule is CCN1C(=O)c2cccc3c(NC(=O)C4CCN(S(=O)(=O)c5ccc(SC)cc5)CC4)ccc1c23. The van der Waals surface area contributed by atoms with Gasteiger partial charge in [-0.05, 0) is 68.5 Å². The maximum Gasteiger partial charge on any atom is 0.258 e. The molecule has 0 aliphatic carbocycles. The molecule has 5 rings (SSSR count). The number of benzene rings is 3. The molecule has 7 nitrogen and oxygen atoms in total. The summed E-state index contributed by atoms with van der Waals surface area (Å²) in [7, 11) is -3.58. The van der Waals surface area contributed by atoms with Crippen LogP contribution in [0.3, 0.4) is 0 Å². The average molecular weight is 510 g/mol. The Balaban J connectivity index is 1.30.